The monoisotopic (exact) mass is 294 g/mol. The van der Waals surface area contributed by atoms with Gasteiger partial charge in [0.1, 0.15) is 0 Å². The summed E-state index contributed by atoms with van der Waals surface area (Å²) >= 11 is 0. The van der Waals surface area contributed by atoms with Crippen LogP contribution in [0.25, 0.3) is 0 Å². The molecule has 1 aromatic carbocycles. The molecule has 2 aliphatic rings. The first-order valence-corrected chi connectivity index (χ1v) is 8.87. The largest absolute Gasteiger partial charge is 0.294 e. The second kappa shape index (κ2) is 5.47. The second-order valence-electron chi connectivity index (χ2n) is 5.77. The van der Waals surface area contributed by atoms with Gasteiger partial charge in [0.05, 0.1) is 5.25 Å². The normalized spacial score (nSPS) is 23.6. The molecule has 1 saturated carbocycles. The minimum Gasteiger partial charge on any atom is -0.294 e. The lowest BCUT2D eigenvalue weighted by molar-refractivity contribution is 0.146. The van der Waals surface area contributed by atoms with E-state index in [1.165, 1.54) is 5.56 Å². The topological polar surface area (TPSA) is 40.6 Å². The Kier molecular flexibility index (Phi) is 3.84. The highest BCUT2D eigenvalue weighted by molar-refractivity contribution is 7.90. The van der Waals surface area contributed by atoms with Crippen LogP contribution in [-0.2, 0) is 10.0 Å². The summed E-state index contributed by atoms with van der Waals surface area (Å²) in [4.78, 5) is 2.37. The quantitative estimate of drug-likeness (QED) is 0.851. The minimum atomic E-state index is -3.00. The second-order valence-corrected chi connectivity index (χ2v) is 7.98. The predicted molar refractivity (Wildman–Crippen MR) is 79.9 cm³/mol. The van der Waals surface area contributed by atoms with Crippen LogP contribution in [-0.4, -0.2) is 49.1 Å². The summed E-state index contributed by atoms with van der Waals surface area (Å²) in [5.41, 5.74) is 1.30. The van der Waals surface area contributed by atoms with Gasteiger partial charge in [0, 0.05) is 32.2 Å². The Balaban J connectivity index is 1.61. The van der Waals surface area contributed by atoms with E-state index in [0.717, 1.165) is 25.9 Å². The van der Waals surface area contributed by atoms with E-state index < -0.39 is 10.0 Å². The number of piperazine rings is 1. The average Bonchev–Trinajstić information content (AvgIpc) is 3.33. The Labute approximate surface area is 121 Å². The van der Waals surface area contributed by atoms with Crippen LogP contribution >= 0.6 is 0 Å². The smallest absolute Gasteiger partial charge is 0.217 e. The van der Waals surface area contributed by atoms with Gasteiger partial charge >= 0.3 is 0 Å². The Morgan fingerprint density at radius 2 is 1.65 bits per heavy atom. The van der Waals surface area contributed by atoms with E-state index in [1.54, 1.807) is 4.31 Å². The van der Waals surface area contributed by atoms with E-state index in [0.29, 0.717) is 19.1 Å². The van der Waals surface area contributed by atoms with Crippen molar-refractivity contribution in [2.75, 3.05) is 26.2 Å². The fraction of sp³-hybridized carbons (Fsp3) is 0.600. The third kappa shape index (κ3) is 2.75. The molecule has 1 aliphatic heterocycles. The molecule has 0 N–H and O–H groups in total. The highest BCUT2D eigenvalue weighted by Gasteiger charge is 2.41. The van der Waals surface area contributed by atoms with Crippen LogP contribution < -0.4 is 0 Å². The molecule has 1 heterocycles. The highest BCUT2D eigenvalue weighted by Crippen LogP contribution is 2.32. The molecule has 0 amide bonds. The molecule has 0 bridgehead atoms. The van der Waals surface area contributed by atoms with Gasteiger partial charge in [-0.15, -0.1) is 0 Å². The summed E-state index contributed by atoms with van der Waals surface area (Å²) in [5, 5.41) is -0.0828. The van der Waals surface area contributed by atoms with Crippen LogP contribution in [0.5, 0.6) is 0 Å². The molecule has 0 spiro atoms. The molecule has 1 unspecified atom stereocenters. The first-order valence-electron chi connectivity index (χ1n) is 7.37. The Hall–Kier alpha value is -0.910. The van der Waals surface area contributed by atoms with E-state index in [2.05, 4.69) is 36.1 Å². The maximum absolute atomic E-state index is 12.2. The molecule has 110 valence electrons. The average molecular weight is 294 g/mol. The third-order valence-corrected chi connectivity index (χ3v) is 6.81. The van der Waals surface area contributed by atoms with Crippen molar-refractivity contribution in [3.8, 4) is 0 Å². The van der Waals surface area contributed by atoms with Crippen LogP contribution in [0, 0.1) is 0 Å². The maximum Gasteiger partial charge on any atom is 0.217 e. The Morgan fingerprint density at radius 1 is 1.05 bits per heavy atom. The Bertz CT molecular complexity index is 546. The molecule has 1 saturated heterocycles. The Morgan fingerprint density at radius 3 is 2.20 bits per heavy atom. The first kappa shape index (κ1) is 14.0. The van der Waals surface area contributed by atoms with Gasteiger partial charge in [-0.05, 0) is 25.3 Å². The van der Waals surface area contributed by atoms with Crippen molar-refractivity contribution in [1.82, 2.24) is 9.21 Å². The van der Waals surface area contributed by atoms with Crippen molar-refractivity contribution in [2.24, 2.45) is 0 Å². The minimum absolute atomic E-state index is 0.0828. The van der Waals surface area contributed by atoms with Crippen molar-refractivity contribution >= 4 is 10.0 Å². The molecule has 1 aliphatic carbocycles. The lowest BCUT2D eigenvalue weighted by Crippen LogP contribution is -2.50. The zero-order valence-corrected chi connectivity index (χ0v) is 12.7. The zero-order chi connectivity index (χ0) is 14.2. The van der Waals surface area contributed by atoms with E-state index in [4.69, 9.17) is 0 Å². The number of hydrogen-bond donors (Lipinski definition) is 0. The SMILES string of the molecule is CC(c1ccccc1)N1CCN(S(=O)(=O)C2CC2)CC1. The number of nitrogens with zero attached hydrogens (tertiary/aromatic N) is 2. The maximum atomic E-state index is 12.2. The summed E-state index contributed by atoms with van der Waals surface area (Å²) in [7, 11) is -3.00. The summed E-state index contributed by atoms with van der Waals surface area (Å²) in [6.07, 6.45) is 1.70. The number of hydrogen-bond acceptors (Lipinski definition) is 3. The van der Waals surface area contributed by atoms with Crippen LogP contribution in [0.3, 0.4) is 0 Å². The summed E-state index contributed by atoms with van der Waals surface area (Å²) in [6, 6.07) is 10.8. The van der Waals surface area contributed by atoms with E-state index >= 15 is 0 Å². The molecule has 2 fully saturated rings. The van der Waals surface area contributed by atoms with Crippen molar-refractivity contribution < 1.29 is 8.42 Å². The van der Waals surface area contributed by atoms with Crippen LogP contribution in [0.4, 0.5) is 0 Å². The van der Waals surface area contributed by atoms with Gasteiger partial charge in [-0.3, -0.25) is 4.90 Å². The van der Waals surface area contributed by atoms with Crippen molar-refractivity contribution in [1.29, 1.82) is 0 Å². The van der Waals surface area contributed by atoms with Crippen LogP contribution in [0.2, 0.25) is 0 Å². The summed E-state index contributed by atoms with van der Waals surface area (Å²) in [5.74, 6) is 0. The van der Waals surface area contributed by atoms with E-state index in [-0.39, 0.29) is 5.25 Å². The standard InChI is InChI=1S/C15H22N2O2S/c1-13(14-5-3-2-4-6-14)16-9-11-17(12-10-16)20(18,19)15-7-8-15/h2-6,13,15H,7-12H2,1H3. The first-order chi connectivity index (χ1) is 9.59. The van der Waals surface area contributed by atoms with Gasteiger partial charge in [0.15, 0.2) is 0 Å². The van der Waals surface area contributed by atoms with Crippen LogP contribution in [0.15, 0.2) is 30.3 Å². The van der Waals surface area contributed by atoms with Gasteiger partial charge in [-0.2, -0.15) is 4.31 Å². The van der Waals surface area contributed by atoms with Crippen molar-refractivity contribution in [3.05, 3.63) is 35.9 Å². The molecular weight excluding hydrogens is 272 g/mol. The fourth-order valence-corrected chi connectivity index (χ4v) is 4.69. The van der Waals surface area contributed by atoms with Crippen LogP contribution in [0.1, 0.15) is 31.4 Å². The number of benzene rings is 1. The third-order valence-electron chi connectivity index (χ3n) is 4.41. The highest BCUT2D eigenvalue weighted by atomic mass is 32.2. The molecule has 1 atom stereocenters. The zero-order valence-electron chi connectivity index (χ0n) is 11.9. The lowest BCUT2D eigenvalue weighted by atomic mass is 10.1. The van der Waals surface area contributed by atoms with Gasteiger partial charge < -0.3 is 0 Å². The van der Waals surface area contributed by atoms with Crippen molar-refractivity contribution in [3.63, 3.8) is 0 Å². The van der Waals surface area contributed by atoms with Gasteiger partial charge in [-0.1, -0.05) is 30.3 Å². The molecule has 20 heavy (non-hydrogen) atoms. The summed E-state index contributed by atoms with van der Waals surface area (Å²) in [6.45, 7) is 5.11. The molecule has 5 heteroatoms. The number of sulfonamides is 1. The molecule has 3 rings (SSSR count). The van der Waals surface area contributed by atoms with Gasteiger partial charge in [0.2, 0.25) is 10.0 Å². The van der Waals surface area contributed by atoms with Gasteiger partial charge in [0.25, 0.3) is 0 Å². The molecule has 0 aromatic heterocycles. The fourth-order valence-electron chi connectivity index (χ4n) is 2.86. The molecule has 1 aromatic rings. The molecular formula is C15H22N2O2S. The number of rotatable bonds is 4. The lowest BCUT2D eigenvalue weighted by Gasteiger charge is -2.37. The molecule has 4 nitrogen and oxygen atoms in total. The molecule has 0 radical (unpaired) electrons. The van der Waals surface area contributed by atoms with Crippen molar-refractivity contribution in [2.45, 2.75) is 31.1 Å². The van der Waals surface area contributed by atoms with E-state index in [9.17, 15) is 8.42 Å². The summed E-state index contributed by atoms with van der Waals surface area (Å²) < 4.78 is 26.1. The van der Waals surface area contributed by atoms with E-state index in [1.807, 2.05) is 6.07 Å². The predicted octanol–water partition coefficient (Wildman–Crippen LogP) is 1.86. The van der Waals surface area contributed by atoms with Gasteiger partial charge in [-0.25, -0.2) is 8.42 Å².